The van der Waals surface area contributed by atoms with Gasteiger partial charge in [0.05, 0.1) is 0 Å². The first-order valence-corrected chi connectivity index (χ1v) is 7.89. The SMILES string of the molecule is CC.c1ccc(-c2ccc3ccc4ccccc4c3c2)cc1. The van der Waals surface area contributed by atoms with E-state index in [4.69, 9.17) is 0 Å². The third kappa shape index (κ3) is 2.60. The lowest BCUT2D eigenvalue weighted by Gasteiger charge is -2.07. The molecule has 0 aromatic heterocycles. The van der Waals surface area contributed by atoms with Crippen molar-refractivity contribution in [1.29, 1.82) is 0 Å². The van der Waals surface area contributed by atoms with Crippen molar-refractivity contribution in [3.8, 4) is 11.1 Å². The highest BCUT2D eigenvalue weighted by atomic mass is 14.1. The Balaban J connectivity index is 0.000000693. The van der Waals surface area contributed by atoms with Gasteiger partial charge in [-0.2, -0.15) is 0 Å². The maximum atomic E-state index is 2.30. The van der Waals surface area contributed by atoms with Crippen LogP contribution in [0.4, 0.5) is 0 Å². The molecule has 0 aliphatic heterocycles. The predicted molar refractivity (Wildman–Crippen MR) is 98.2 cm³/mol. The Bertz CT molecular complexity index is 889. The smallest absolute Gasteiger partial charge is 0.00992 e. The van der Waals surface area contributed by atoms with Gasteiger partial charge in [0.25, 0.3) is 0 Å². The standard InChI is InChI=1S/C20H14.C2H6/c1-2-6-15(7-3-1)18-13-12-17-11-10-16-8-4-5-9-19(16)20(17)14-18;1-2/h1-14H;1-2H3. The molecule has 0 N–H and O–H groups in total. The largest absolute Gasteiger partial charge is 0.0683 e. The van der Waals surface area contributed by atoms with Crippen LogP contribution in [-0.2, 0) is 0 Å². The van der Waals surface area contributed by atoms with Crippen LogP contribution in [0.1, 0.15) is 13.8 Å². The van der Waals surface area contributed by atoms with Crippen LogP contribution in [-0.4, -0.2) is 0 Å². The molecule has 0 saturated carbocycles. The van der Waals surface area contributed by atoms with Gasteiger partial charge in [-0.15, -0.1) is 0 Å². The Morgan fingerprint density at radius 1 is 0.455 bits per heavy atom. The second-order valence-electron chi connectivity index (χ2n) is 5.09. The Morgan fingerprint density at radius 2 is 1.05 bits per heavy atom. The van der Waals surface area contributed by atoms with Crippen molar-refractivity contribution in [1.82, 2.24) is 0 Å². The van der Waals surface area contributed by atoms with Crippen molar-refractivity contribution in [3.63, 3.8) is 0 Å². The molecule has 0 atom stereocenters. The number of hydrogen-bond acceptors (Lipinski definition) is 0. The zero-order valence-electron chi connectivity index (χ0n) is 13.1. The van der Waals surface area contributed by atoms with Gasteiger partial charge in [0.2, 0.25) is 0 Å². The van der Waals surface area contributed by atoms with E-state index in [9.17, 15) is 0 Å². The lowest BCUT2D eigenvalue weighted by atomic mass is 9.97. The van der Waals surface area contributed by atoms with Gasteiger partial charge in [-0.1, -0.05) is 92.7 Å². The Hall–Kier alpha value is -2.60. The molecule has 4 rings (SSSR count). The summed E-state index contributed by atoms with van der Waals surface area (Å²) in [4.78, 5) is 0. The van der Waals surface area contributed by atoms with E-state index in [2.05, 4.69) is 84.9 Å². The van der Waals surface area contributed by atoms with Gasteiger partial charge in [-0.25, -0.2) is 0 Å². The molecule has 0 bridgehead atoms. The average molecular weight is 284 g/mol. The minimum absolute atomic E-state index is 1.27. The van der Waals surface area contributed by atoms with Crippen LogP contribution in [0.25, 0.3) is 32.7 Å². The summed E-state index contributed by atoms with van der Waals surface area (Å²) in [5.41, 5.74) is 2.54. The summed E-state index contributed by atoms with van der Waals surface area (Å²) in [5, 5.41) is 5.24. The predicted octanol–water partition coefficient (Wildman–Crippen LogP) is 6.69. The van der Waals surface area contributed by atoms with Crippen molar-refractivity contribution in [2.24, 2.45) is 0 Å². The minimum Gasteiger partial charge on any atom is -0.0683 e. The van der Waals surface area contributed by atoms with E-state index in [1.54, 1.807) is 0 Å². The van der Waals surface area contributed by atoms with Crippen molar-refractivity contribution in [2.45, 2.75) is 13.8 Å². The molecule has 0 amide bonds. The van der Waals surface area contributed by atoms with Crippen LogP contribution in [0.15, 0.2) is 84.9 Å². The topological polar surface area (TPSA) is 0 Å². The third-order valence-corrected chi connectivity index (χ3v) is 3.85. The quantitative estimate of drug-likeness (QED) is 0.342. The first-order chi connectivity index (χ1) is 10.9. The lowest BCUT2D eigenvalue weighted by Crippen LogP contribution is -1.81. The van der Waals surface area contributed by atoms with Crippen LogP contribution < -0.4 is 0 Å². The molecule has 4 aromatic carbocycles. The Morgan fingerprint density at radius 3 is 1.82 bits per heavy atom. The second kappa shape index (κ2) is 6.44. The minimum atomic E-state index is 1.27. The highest BCUT2D eigenvalue weighted by Crippen LogP contribution is 2.29. The summed E-state index contributed by atoms with van der Waals surface area (Å²) in [6, 6.07) is 30.2. The molecule has 0 radical (unpaired) electrons. The molecule has 0 heteroatoms. The summed E-state index contributed by atoms with van der Waals surface area (Å²) in [6.45, 7) is 4.00. The highest BCUT2D eigenvalue weighted by molar-refractivity contribution is 6.08. The van der Waals surface area contributed by atoms with Crippen LogP contribution in [0.3, 0.4) is 0 Å². The maximum absolute atomic E-state index is 2.30. The molecule has 4 aromatic rings. The van der Waals surface area contributed by atoms with E-state index in [1.807, 2.05) is 13.8 Å². The fraction of sp³-hybridized carbons (Fsp3) is 0.0909. The first kappa shape index (κ1) is 14.3. The van der Waals surface area contributed by atoms with Gasteiger partial charge < -0.3 is 0 Å². The molecular weight excluding hydrogens is 264 g/mol. The number of fused-ring (bicyclic) bond motifs is 3. The highest BCUT2D eigenvalue weighted by Gasteiger charge is 2.02. The van der Waals surface area contributed by atoms with E-state index in [1.165, 1.54) is 32.7 Å². The zero-order chi connectivity index (χ0) is 15.4. The molecule has 0 nitrogen and oxygen atoms in total. The summed E-state index contributed by atoms with van der Waals surface area (Å²) in [6.07, 6.45) is 0. The fourth-order valence-electron chi connectivity index (χ4n) is 2.81. The van der Waals surface area contributed by atoms with E-state index < -0.39 is 0 Å². The van der Waals surface area contributed by atoms with Gasteiger partial charge in [-0.3, -0.25) is 0 Å². The number of rotatable bonds is 1. The number of benzene rings is 4. The lowest BCUT2D eigenvalue weighted by molar-refractivity contribution is 1.50. The molecule has 0 aliphatic rings. The van der Waals surface area contributed by atoms with Gasteiger partial charge in [0.1, 0.15) is 0 Å². The van der Waals surface area contributed by atoms with Gasteiger partial charge in [0.15, 0.2) is 0 Å². The van der Waals surface area contributed by atoms with E-state index in [0.29, 0.717) is 0 Å². The van der Waals surface area contributed by atoms with E-state index in [-0.39, 0.29) is 0 Å². The van der Waals surface area contributed by atoms with E-state index in [0.717, 1.165) is 0 Å². The van der Waals surface area contributed by atoms with Crippen LogP contribution in [0.2, 0.25) is 0 Å². The average Bonchev–Trinajstić information content (AvgIpc) is 2.63. The van der Waals surface area contributed by atoms with Crippen molar-refractivity contribution in [3.05, 3.63) is 84.9 Å². The summed E-state index contributed by atoms with van der Waals surface area (Å²) < 4.78 is 0. The number of hydrogen-bond donors (Lipinski definition) is 0. The van der Waals surface area contributed by atoms with Gasteiger partial charge in [0, 0.05) is 0 Å². The molecule has 0 spiro atoms. The Kier molecular flexibility index (Phi) is 4.20. The maximum Gasteiger partial charge on any atom is -0.00992 e. The molecule has 0 unspecified atom stereocenters. The van der Waals surface area contributed by atoms with Crippen molar-refractivity contribution >= 4 is 21.5 Å². The molecule has 0 heterocycles. The normalized spacial score (nSPS) is 10.3. The van der Waals surface area contributed by atoms with Crippen LogP contribution >= 0.6 is 0 Å². The summed E-state index contributed by atoms with van der Waals surface area (Å²) in [7, 11) is 0. The summed E-state index contributed by atoms with van der Waals surface area (Å²) in [5.74, 6) is 0. The van der Waals surface area contributed by atoms with Gasteiger partial charge >= 0.3 is 0 Å². The van der Waals surface area contributed by atoms with Crippen molar-refractivity contribution in [2.75, 3.05) is 0 Å². The molecule has 0 fully saturated rings. The summed E-state index contributed by atoms with van der Waals surface area (Å²) >= 11 is 0. The van der Waals surface area contributed by atoms with Gasteiger partial charge in [-0.05, 0) is 38.7 Å². The second-order valence-corrected chi connectivity index (χ2v) is 5.09. The molecule has 0 aliphatic carbocycles. The zero-order valence-corrected chi connectivity index (χ0v) is 13.1. The third-order valence-electron chi connectivity index (χ3n) is 3.85. The van der Waals surface area contributed by atoms with Crippen LogP contribution in [0.5, 0.6) is 0 Å². The van der Waals surface area contributed by atoms with Crippen LogP contribution in [0, 0.1) is 0 Å². The molecule has 22 heavy (non-hydrogen) atoms. The molecule has 108 valence electrons. The molecule has 0 saturated heterocycles. The first-order valence-electron chi connectivity index (χ1n) is 7.89. The Labute approximate surface area is 132 Å². The molecular formula is C22H20. The van der Waals surface area contributed by atoms with Crippen molar-refractivity contribution < 1.29 is 0 Å². The van der Waals surface area contributed by atoms with E-state index >= 15 is 0 Å². The monoisotopic (exact) mass is 284 g/mol. The fourth-order valence-corrected chi connectivity index (χ4v) is 2.81.